The molecule has 1 saturated heterocycles. The van der Waals surface area contributed by atoms with E-state index < -0.39 is 0 Å². The minimum atomic E-state index is -0.00734. The summed E-state index contributed by atoms with van der Waals surface area (Å²) in [6.45, 7) is 5.60. The van der Waals surface area contributed by atoms with Gasteiger partial charge in [-0.3, -0.25) is 9.69 Å². The SMILES string of the molecule is O=C(NCCCCN1CCN(c2cccc(Cl)c2Cl)CC1)c1ccc2cc3ccccc3cc2c1. The van der Waals surface area contributed by atoms with Crippen molar-refractivity contribution in [2.75, 3.05) is 44.2 Å². The minimum absolute atomic E-state index is 0.00734. The molecule has 0 atom stereocenters. The van der Waals surface area contributed by atoms with Crippen LogP contribution in [-0.2, 0) is 0 Å². The second-order valence-electron chi connectivity index (χ2n) is 9.13. The molecule has 1 amide bonds. The number of unbranched alkanes of at least 4 members (excludes halogenated alkanes) is 1. The molecule has 0 bridgehead atoms. The van der Waals surface area contributed by atoms with Crippen LogP contribution in [0.4, 0.5) is 5.69 Å². The van der Waals surface area contributed by atoms with Gasteiger partial charge < -0.3 is 10.2 Å². The average molecular weight is 506 g/mol. The summed E-state index contributed by atoms with van der Waals surface area (Å²) in [5.41, 5.74) is 1.73. The van der Waals surface area contributed by atoms with Crippen molar-refractivity contribution in [2.24, 2.45) is 0 Å². The Labute approximate surface area is 216 Å². The molecule has 5 rings (SSSR count). The topological polar surface area (TPSA) is 35.6 Å². The maximum atomic E-state index is 12.7. The zero-order chi connectivity index (χ0) is 24.2. The van der Waals surface area contributed by atoms with Gasteiger partial charge in [0.1, 0.15) is 0 Å². The molecule has 1 heterocycles. The van der Waals surface area contributed by atoms with E-state index in [1.54, 1.807) is 0 Å². The van der Waals surface area contributed by atoms with Crippen LogP contribution in [0.15, 0.2) is 72.8 Å². The van der Waals surface area contributed by atoms with Gasteiger partial charge in [0.15, 0.2) is 0 Å². The number of benzene rings is 4. The molecule has 4 aromatic carbocycles. The van der Waals surface area contributed by atoms with Crippen LogP contribution < -0.4 is 10.2 Å². The van der Waals surface area contributed by atoms with E-state index in [9.17, 15) is 4.79 Å². The van der Waals surface area contributed by atoms with E-state index in [4.69, 9.17) is 23.2 Å². The van der Waals surface area contributed by atoms with Gasteiger partial charge in [0.05, 0.1) is 15.7 Å². The van der Waals surface area contributed by atoms with Gasteiger partial charge in [-0.15, -0.1) is 0 Å². The van der Waals surface area contributed by atoms with Crippen LogP contribution in [0.25, 0.3) is 21.5 Å². The van der Waals surface area contributed by atoms with Crippen LogP contribution in [0.3, 0.4) is 0 Å². The van der Waals surface area contributed by atoms with E-state index >= 15 is 0 Å². The number of carbonyl (C=O) groups is 1. The van der Waals surface area contributed by atoms with Gasteiger partial charge in [0.2, 0.25) is 0 Å². The molecule has 0 spiro atoms. The Morgan fingerprint density at radius 1 is 0.771 bits per heavy atom. The summed E-state index contributed by atoms with van der Waals surface area (Å²) in [4.78, 5) is 17.5. The number of nitrogens with zero attached hydrogens (tertiary/aromatic N) is 2. The quantitative estimate of drug-likeness (QED) is 0.226. The number of halogens is 2. The van der Waals surface area contributed by atoms with Crippen LogP contribution in [0.5, 0.6) is 0 Å². The first-order chi connectivity index (χ1) is 17.1. The van der Waals surface area contributed by atoms with Crippen LogP contribution in [0.1, 0.15) is 23.2 Å². The Kier molecular flexibility index (Phi) is 7.43. The Hall–Kier alpha value is -2.79. The van der Waals surface area contributed by atoms with Crippen molar-refractivity contribution < 1.29 is 4.79 Å². The Morgan fingerprint density at radius 2 is 1.49 bits per heavy atom. The molecule has 0 aliphatic carbocycles. The van der Waals surface area contributed by atoms with Crippen molar-refractivity contribution >= 4 is 56.3 Å². The number of rotatable bonds is 7. The first-order valence-corrected chi connectivity index (χ1v) is 13.0. The Morgan fingerprint density at radius 3 is 2.26 bits per heavy atom. The number of anilines is 1. The van der Waals surface area contributed by atoms with Gasteiger partial charge in [-0.05, 0) is 77.3 Å². The van der Waals surface area contributed by atoms with Gasteiger partial charge in [0.25, 0.3) is 5.91 Å². The van der Waals surface area contributed by atoms with Crippen molar-refractivity contribution in [1.29, 1.82) is 0 Å². The zero-order valence-electron chi connectivity index (χ0n) is 19.6. The Balaban J connectivity index is 1.06. The Bertz CT molecular complexity index is 1350. The monoisotopic (exact) mass is 505 g/mol. The summed E-state index contributed by atoms with van der Waals surface area (Å²) < 4.78 is 0. The van der Waals surface area contributed by atoms with Crippen molar-refractivity contribution in [2.45, 2.75) is 12.8 Å². The third-order valence-electron chi connectivity index (χ3n) is 6.80. The third-order valence-corrected chi connectivity index (χ3v) is 7.61. The molecule has 180 valence electrons. The number of hydrogen-bond donors (Lipinski definition) is 1. The molecule has 6 heteroatoms. The van der Waals surface area contributed by atoms with Gasteiger partial charge in [0, 0.05) is 38.3 Å². The van der Waals surface area contributed by atoms with Crippen molar-refractivity contribution in [3.05, 3.63) is 88.4 Å². The fraction of sp³-hybridized carbons (Fsp3) is 0.276. The van der Waals surface area contributed by atoms with Gasteiger partial charge in [-0.25, -0.2) is 0 Å². The molecule has 1 fully saturated rings. The predicted molar refractivity (Wildman–Crippen MR) is 148 cm³/mol. The first-order valence-electron chi connectivity index (χ1n) is 12.2. The first kappa shape index (κ1) is 23.9. The lowest BCUT2D eigenvalue weighted by molar-refractivity contribution is 0.0952. The minimum Gasteiger partial charge on any atom is -0.368 e. The van der Waals surface area contributed by atoms with Gasteiger partial charge >= 0.3 is 0 Å². The fourth-order valence-electron chi connectivity index (χ4n) is 4.79. The standard InChI is InChI=1S/C29H29Cl2N3O/c30-26-8-5-9-27(28(26)31)34-16-14-33(15-17-34)13-4-3-12-32-29(35)24-11-10-23-18-21-6-1-2-7-22(21)19-25(23)20-24/h1-2,5-11,18-20H,3-4,12-17H2,(H,32,35). The normalized spacial score (nSPS) is 14.5. The lowest BCUT2D eigenvalue weighted by Gasteiger charge is -2.36. The van der Waals surface area contributed by atoms with Gasteiger partial charge in [-0.1, -0.05) is 59.6 Å². The molecule has 4 nitrogen and oxygen atoms in total. The van der Waals surface area contributed by atoms with E-state index in [1.807, 2.05) is 48.5 Å². The number of piperazine rings is 1. The van der Waals surface area contributed by atoms with Gasteiger partial charge in [-0.2, -0.15) is 0 Å². The van der Waals surface area contributed by atoms with Crippen LogP contribution in [0, 0.1) is 0 Å². The van der Waals surface area contributed by atoms with Crippen LogP contribution in [-0.4, -0.2) is 50.1 Å². The molecule has 1 aliphatic rings. The number of amides is 1. The zero-order valence-corrected chi connectivity index (χ0v) is 21.2. The highest BCUT2D eigenvalue weighted by Gasteiger charge is 2.19. The molecule has 0 radical (unpaired) electrons. The highest BCUT2D eigenvalue weighted by Crippen LogP contribution is 2.33. The molecular formula is C29H29Cl2N3O. The van der Waals surface area contributed by atoms with Crippen molar-refractivity contribution in [3.8, 4) is 0 Å². The van der Waals surface area contributed by atoms with Crippen LogP contribution in [0.2, 0.25) is 10.0 Å². The molecular weight excluding hydrogens is 477 g/mol. The van der Waals surface area contributed by atoms with Crippen molar-refractivity contribution in [3.63, 3.8) is 0 Å². The number of nitrogens with one attached hydrogen (secondary N) is 1. The fourth-order valence-corrected chi connectivity index (χ4v) is 5.21. The highest BCUT2D eigenvalue weighted by molar-refractivity contribution is 6.43. The van der Waals surface area contributed by atoms with Crippen LogP contribution >= 0.6 is 23.2 Å². The molecule has 1 N–H and O–H groups in total. The van der Waals surface area contributed by atoms with E-state index in [0.29, 0.717) is 22.2 Å². The predicted octanol–water partition coefficient (Wildman–Crippen LogP) is 6.63. The molecule has 0 saturated carbocycles. The smallest absolute Gasteiger partial charge is 0.251 e. The van der Waals surface area contributed by atoms with E-state index in [2.05, 4.69) is 39.4 Å². The third kappa shape index (κ3) is 5.56. The second kappa shape index (κ2) is 10.9. The maximum absolute atomic E-state index is 12.7. The summed E-state index contributed by atoms with van der Waals surface area (Å²) in [5.74, 6) is -0.00734. The summed E-state index contributed by atoms with van der Waals surface area (Å²) in [5, 5.41) is 8.97. The lowest BCUT2D eigenvalue weighted by atomic mass is 10.0. The number of fused-ring (bicyclic) bond motifs is 2. The lowest BCUT2D eigenvalue weighted by Crippen LogP contribution is -2.46. The summed E-state index contributed by atoms with van der Waals surface area (Å²) in [6.07, 6.45) is 2.02. The van der Waals surface area contributed by atoms with Crippen molar-refractivity contribution in [1.82, 2.24) is 10.2 Å². The summed E-state index contributed by atoms with van der Waals surface area (Å²) in [6, 6.07) is 24.4. The highest BCUT2D eigenvalue weighted by atomic mass is 35.5. The largest absolute Gasteiger partial charge is 0.368 e. The molecule has 4 aromatic rings. The molecule has 1 aliphatic heterocycles. The van der Waals surface area contributed by atoms with E-state index in [-0.39, 0.29) is 5.91 Å². The molecule has 0 aromatic heterocycles. The maximum Gasteiger partial charge on any atom is 0.251 e. The average Bonchev–Trinajstić information content (AvgIpc) is 2.89. The number of hydrogen-bond acceptors (Lipinski definition) is 3. The second-order valence-corrected chi connectivity index (χ2v) is 9.91. The molecule has 35 heavy (non-hydrogen) atoms. The summed E-state index contributed by atoms with van der Waals surface area (Å²) in [7, 11) is 0. The summed E-state index contributed by atoms with van der Waals surface area (Å²) >= 11 is 12.6. The molecule has 0 unspecified atom stereocenters. The van der Waals surface area contributed by atoms with E-state index in [0.717, 1.165) is 62.0 Å². The number of carbonyl (C=O) groups excluding carboxylic acids is 1. The van der Waals surface area contributed by atoms with E-state index in [1.165, 1.54) is 10.8 Å².